The summed E-state index contributed by atoms with van der Waals surface area (Å²) in [6.45, 7) is 1.38. The van der Waals surface area contributed by atoms with Crippen molar-refractivity contribution in [1.82, 2.24) is 15.2 Å². The van der Waals surface area contributed by atoms with Gasteiger partial charge in [0.1, 0.15) is 5.03 Å². The maximum atomic E-state index is 12.4. The first-order chi connectivity index (χ1) is 11.1. The molecule has 0 fully saturated rings. The summed E-state index contributed by atoms with van der Waals surface area (Å²) in [4.78, 5) is 18.8. The number of rotatable bonds is 7. The number of nitrogens with one attached hydrogen (secondary N) is 1. The Hall–Kier alpha value is -1.56. The summed E-state index contributed by atoms with van der Waals surface area (Å²) in [5.74, 6) is 0.768. The lowest BCUT2D eigenvalue weighted by Crippen LogP contribution is -2.24. The fourth-order valence-corrected chi connectivity index (χ4v) is 3.24. The maximum absolute atomic E-state index is 12.4. The molecule has 2 rings (SSSR count). The molecule has 0 radical (unpaired) electrons. The van der Waals surface area contributed by atoms with Crippen molar-refractivity contribution in [2.24, 2.45) is 0 Å². The summed E-state index contributed by atoms with van der Waals surface area (Å²) in [7, 11) is 4.05. The zero-order chi connectivity index (χ0) is 16.7. The molecular formula is C17H20ClN3OS. The number of thioether (sulfide) groups is 1. The fraction of sp³-hybridized carbons (Fsp3) is 0.294. The molecule has 0 unspecified atom stereocenters. The summed E-state index contributed by atoms with van der Waals surface area (Å²) in [5.41, 5.74) is 1.58. The molecule has 1 N–H and O–H groups in total. The van der Waals surface area contributed by atoms with Crippen LogP contribution in [0.1, 0.15) is 15.9 Å². The second-order valence-corrected chi connectivity index (χ2v) is 6.84. The Labute approximate surface area is 146 Å². The number of aromatic nitrogens is 1. The molecule has 122 valence electrons. The number of pyridine rings is 1. The zero-order valence-corrected chi connectivity index (χ0v) is 14.8. The van der Waals surface area contributed by atoms with Crippen LogP contribution in [0, 0.1) is 0 Å². The maximum Gasteiger partial charge on any atom is 0.254 e. The quantitative estimate of drug-likeness (QED) is 0.779. The molecule has 1 aromatic carbocycles. The molecule has 0 aliphatic carbocycles. The standard InChI is InChI=1S/C17H20ClN3OS/c1-21(2)9-10-23-17-15(7-4-8-19-17)16(22)20-12-13-5-3-6-14(18)11-13/h3-8,11H,9-10,12H2,1-2H3,(H,20,22). The minimum Gasteiger partial charge on any atom is -0.348 e. The van der Waals surface area contributed by atoms with Crippen molar-refractivity contribution in [1.29, 1.82) is 0 Å². The molecule has 1 aromatic heterocycles. The van der Waals surface area contributed by atoms with E-state index in [1.54, 1.807) is 30.1 Å². The number of hydrogen-bond acceptors (Lipinski definition) is 4. The lowest BCUT2D eigenvalue weighted by molar-refractivity contribution is 0.0947. The number of hydrogen-bond donors (Lipinski definition) is 1. The summed E-state index contributed by atoms with van der Waals surface area (Å²) in [5, 5.41) is 4.35. The normalized spacial score (nSPS) is 10.8. The minimum absolute atomic E-state index is 0.120. The van der Waals surface area contributed by atoms with Gasteiger partial charge in [-0.05, 0) is 43.9 Å². The molecule has 6 heteroatoms. The molecule has 0 saturated heterocycles. The van der Waals surface area contributed by atoms with E-state index in [-0.39, 0.29) is 5.91 Å². The third-order valence-corrected chi connectivity index (χ3v) is 4.36. The number of carbonyl (C=O) groups is 1. The third-order valence-electron chi connectivity index (χ3n) is 3.14. The fourth-order valence-electron chi connectivity index (χ4n) is 1.93. The molecule has 1 heterocycles. The lowest BCUT2D eigenvalue weighted by atomic mass is 10.2. The molecule has 0 bridgehead atoms. The average Bonchev–Trinajstić information content (AvgIpc) is 2.53. The molecule has 0 aliphatic rings. The summed E-state index contributed by atoms with van der Waals surface area (Å²) < 4.78 is 0. The van der Waals surface area contributed by atoms with Crippen molar-refractivity contribution in [3.8, 4) is 0 Å². The number of benzene rings is 1. The van der Waals surface area contributed by atoms with Gasteiger partial charge in [-0.2, -0.15) is 0 Å². The second kappa shape index (κ2) is 8.91. The van der Waals surface area contributed by atoms with E-state index in [2.05, 4.69) is 15.2 Å². The van der Waals surface area contributed by atoms with Crippen LogP contribution >= 0.6 is 23.4 Å². The van der Waals surface area contributed by atoms with Gasteiger partial charge in [-0.3, -0.25) is 4.79 Å². The molecule has 0 aliphatic heterocycles. The Morgan fingerprint density at radius 2 is 2.13 bits per heavy atom. The van der Waals surface area contributed by atoms with E-state index < -0.39 is 0 Å². The third kappa shape index (κ3) is 5.86. The number of nitrogens with zero attached hydrogens (tertiary/aromatic N) is 2. The molecule has 1 amide bonds. The van der Waals surface area contributed by atoms with Crippen LogP contribution in [0.2, 0.25) is 5.02 Å². The Morgan fingerprint density at radius 1 is 1.30 bits per heavy atom. The Morgan fingerprint density at radius 3 is 2.87 bits per heavy atom. The average molecular weight is 350 g/mol. The topological polar surface area (TPSA) is 45.2 Å². The van der Waals surface area contributed by atoms with Crippen LogP contribution in [-0.2, 0) is 6.54 Å². The van der Waals surface area contributed by atoms with E-state index in [1.165, 1.54) is 0 Å². The highest BCUT2D eigenvalue weighted by Crippen LogP contribution is 2.20. The zero-order valence-electron chi connectivity index (χ0n) is 13.3. The van der Waals surface area contributed by atoms with Crippen molar-refractivity contribution >= 4 is 29.3 Å². The van der Waals surface area contributed by atoms with Gasteiger partial charge in [0.05, 0.1) is 5.56 Å². The van der Waals surface area contributed by atoms with Gasteiger partial charge in [0.2, 0.25) is 0 Å². The smallest absolute Gasteiger partial charge is 0.254 e. The Kier molecular flexibility index (Phi) is 6.89. The summed E-state index contributed by atoms with van der Waals surface area (Å²) in [6, 6.07) is 11.0. The largest absolute Gasteiger partial charge is 0.348 e. The first kappa shape index (κ1) is 17.8. The molecular weight excluding hydrogens is 330 g/mol. The predicted octanol–water partition coefficient (Wildman–Crippen LogP) is 3.32. The first-order valence-corrected chi connectivity index (χ1v) is 8.68. The first-order valence-electron chi connectivity index (χ1n) is 7.31. The van der Waals surface area contributed by atoms with Crippen molar-refractivity contribution in [2.45, 2.75) is 11.6 Å². The number of carbonyl (C=O) groups excluding carboxylic acids is 1. The Balaban J connectivity index is 1.98. The van der Waals surface area contributed by atoms with E-state index >= 15 is 0 Å². The molecule has 0 saturated carbocycles. The van der Waals surface area contributed by atoms with Crippen LogP contribution in [0.4, 0.5) is 0 Å². The Bertz CT molecular complexity index is 664. The van der Waals surface area contributed by atoms with Gasteiger partial charge in [-0.25, -0.2) is 4.98 Å². The van der Waals surface area contributed by atoms with Gasteiger partial charge in [0.15, 0.2) is 0 Å². The van der Waals surface area contributed by atoms with E-state index in [9.17, 15) is 4.79 Å². The summed E-state index contributed by atoms with van der Waals surface area (Å²) >= 11 is 7.55. The highest BCUT2D eigenvalue weighted by molar-refractivity contribution is 7.99. The van der Waals surface area contributed by atoms with Crippen LogP contribution < -0.4 is 5.32 Å². The highest BCUT2D eigenvalue weighted by Gasteiger charge is 2.12. The van der Waals surface area contributed by atoms with Crippen LogP contribution in [0.5, 0.6) is 0 Å². The molecule has 23 heavy (non-hydrogen) atoms. The predicted molar refractivity (Wildman–Crippen MR) is 96.1 cm³/mol. The van der Waals surface area contributed by atoms with Crippen LogP contribution in [-0.4, -0.2) is 42.2 Å². The van der Waals surface area contributed by atoms with E-state index in [0.717, 1.165) is 22.9 Å². The molecule has 0 spiro atoms. The van der Waals surface area contributed by atoms with Gasteiger partial charge in [-0.1, -0.05) is 23.7 Å². The van der Waals surface area contributed by atoms with Gasteiger partial charge in [0.25, 0.3) is 5.91 Å². The van der Waals surface area contributed by atoms with Gasteiger partial charge in [-0.15, -0.1) is 11.8 Å². The van der Waals surface area contributed by atoms with E-state index in [4.69, 9.17) is 11.6 Å². The van der Waals surface area contributed by atoms with E-state index in [0.29, 0.717) is 17.1 Å². The molecule has 0 atom stereocenters. The number of amides is 1. The summed E-state index contributed by atoms with van der Waals surface area (Å²) in [6.07, 6.45) is 1.71. The SMILES string of the molecule is CN(C)CCSc1ncccc1C(=O)NCc1cccc(Cl)c1. The number of halogens is 1. The van der Waals surface area contributed by atoms with Crippen LogP contribution in [0.15, 0.2) is 47.6 Å². The van der Waals surface area contributed by atoms with E-state index in [1.807, 2.05) is 38.4 Å². The van der Waals surface area contributed by atoms with Crippen LogP contribution in [0.25, 0.3) is 0 Å². The highest BCUT2D eigenvalue weighted by atomic mass is 35.5. The van der Waals surface area contributed by atoms with Gasteiger partial charge >= 0.3 is 0 Å². The minimum atomic E-state index is -0.120. The van der Waals surface area contributed by atoms with Crippen LogP contribution in [0.3, 0.4) is 0 Å². The lowest BCUT2D eigenvalue weighted by Gasteiger charge is -2.11. The molecule has 2 aromatic rings. The second-order valence-electron chi connectivity index (χ2n) is 5.32. The van der Waals surface area contributed by atoms with Gasteiger partial charge < -0.3 is 10.2 Å². The molecule has 4 nitrogen and oxygen atoms in total. The van der Waals surface area contributed by atoms with Gasteiger partial charge in [0, 0.05) is 30.1 Å². The van der Waals surface area contributed by atoms with Crippen molar-refractivity contribution in [3.63, 3.8) is 0 Å². The van der Waals surface area contributed by atoms with Crippen molar-refractivity contribution in [2.75, 3.05) is 26.4 Å². The van der Waals surface area contributed by atoms with Crippen molar-refractivity contribution in [3.05, 3.63) is 58.7 Å². The van der Waals surface area contributed by atoms with Crippen molar-refractivity contribution < 1.29 is 4.79 Å². The monoisotopic (exact) mass is 349 g/mol.